The van der Waals surface area contributed by atoms with E-state index in [1.807, 2.05) is 0 Å². The zero-order chi connectivity index (χ0) is 15.3. The molecule has 19 heavy (non-hydrogen) atoms. The molecular formula is C15H36N4. The third kappa shape index (κ3) is 5.03. The lowest BCUT2D eigenvalue weighted by Crippen LogP contribution is -2.65. The van der Waals surface area contributed by atoms with E-state index in [4.69, 9.17) is 17.2 Å². The molecule has 0 saturated heterocycles. The molecule has 0 amide bonds. The Morgan fingerprint density at radius 1 is 0.579 bits per heavy atom. The first-order valence-electron chi connectivity index (χ1n) is 7.46. The van der Waals surface area contributed by atoms with Gasteiger partial charge in [0.1, 0.15) is 0 Å². The van der Waals surface area contributed by atoms with Gasteiger partial charge in [-0.2, -0.15) is 0 Å². The molecule has 0 bridgehead atoms. The molecule has 6 N–H and O–H groups in total. The van der Waals surface area contributed by atoms with Gasteiger partial charge in [0.2, 0.25) is 0 Å². The molecule has 0 rings (SSSR count). The molecule has 0 aromatic heterocycles. The Morgan fingerprint density at radius 2 is 0.789 bits per heavy atom. The fourth-order valence-corrected chi connectivity index (χ4v) is 3.85. The predicted octanol–water partition coefficient (Wildman–Crippen LogP) is 1.67. The van der Waals surface area contributed by atoms with Gasteiger partial charge in [-0.3, -0.25) is 4.90 Å². The van der Waals surface area contributed by atoms with Crippen molar-refractivity contribution >= 4 is 0 Å². The van der Waals surface area contributed by atoms with Gasteiger partial charge in [0.25, 0.3) is 0 Å². The van der Waals surface area contributed by atoms with Crippen molar-refractivity contribution in [1.82, 2.24) is 4.90 Å². The molecule has 116 valence electrons. The SMILES string of the molecule is CC(C)(CCN)N(C(C)(C)CCN)C(C)(C)CCN. The van der Waals surface area contributed by atoms with Gasteiger partial charge in [-0.05, 0) is 80.4 Å². The van der Waals surface area contributed by atoms with Crippen molar-refractivity contribution < 1.29 is 0 Å². The maximum atomic E-state index is 5.81. The van der Waals surface area contributed by atoms with Crippen LogP contribution in [0.15, 0.2) is 0 Å². The van der Waals surface area contributed by atoms with Crippen molar-refractivity contribution in [3.8, 4) is 0 Å². The van der Waals surface area contributed by atoms with Crippen molar-refractivity contribution in [1.29, 1.82) is 0 Å². The highest BCUT2D eigenvalue weighted by Gasteiger charge is 2.44. The van der Waals surface area contributed by atoms with Crippen LogP contribution in [0.2, 0.25) is 0 Å². The van der Waals surface area contributed by atoms with Crippen LogP contribution in [0.1, 0.15) is 60.8 Å². The summed E-state index contributed by atoms with van der Waals surface area (Å²) < 4.78 is 0. The Bertz CT molecular complexity index is 216. The lowest BCUT2D eigenvalue weighted by atomic mass is 9.81. The second kappa shape index (κ2) is 7.02. The zero-order valence-corrected chi connectivity index (χ0v) is 13.9. The fraction of sp³-hybridized carbons (Fsp3) is 1.00. The van der Waals surface area contributed by atoms with Crippen LogP contribution < -0.4 is 17.2 Å². The maximum absolute atomic E-state index is 5.81. The average molecular weight is 272 g/mol. The summed E-state index contributed by atoms with van der Waals surface area (Å²) in [5.41, 5.74) is 17.5. The highest BCUT2D eigenvalue weighted by atomic mass is 15.3. The summed E-state index contributed by atoms with van der Waals surface area (Å²) in [6.45, 7) is 15.7. The summed E-state index contributed by atoms with van der Waals surface area (Å²) in [4.78, 5) is 2.58. The van der Waals surface area contributed by atoms with Crippen LogP contribution >= 0.6 is 0 Å². The van der Waals surface area contributed by atoms with Crippen molar-refractivity contribution in [2.45, 2.75) is 77.4 Å². The van der Waals surface area contributed by atoms with Gasteiger partial charge in [0.15, 0.2) is 0 Å². The second-order valence-corrected chi connectivity index (χ2v) is 7.39. The molecule has 0 atom stereocenters. The standard InChI is InChI=1S/C15H36N4/c1-13(2,7-10-16)19(14(3,4)8-11-17)15(5,6)9-12-18/h7-12,16-18H2,1-6H3. The summed E-state index contributed by atoms with van der Waals surface area (Å²) in [5, 5.41) is 0. The first kappa shape index (κ1) is 18.8. The quantitative estimate of drug-likeness (QED) is 0.596. The van der Waals surface area contributed by atoms with Gasteiger partial charge in [-0.1, -0.05) is 0 Å². The Balaban J connectivity index is 5.49. The van der Waals surface area contributed by atoms with Gasteiger partial charge < -0.3 is 17.2 Å². The van der Waals surface area contributed by atoms with Gasteiger partial charge in [-0.25, -0.2) is 0 Å². The maximum Gasteiger partial charge on any atom is 0.0175 e. The molecular weight excluding hydrogens is 236 g/mol. The third-order valence-corrected chi connectivity index (χ3v) is 4.08. The van der Waals surface area contributed by atoms with Crippen LogP contribution in [0, 0.1) is 0 Å². The van der Waals surface area contributed by atoms with Crippen molar-refractivity contribution in [2.24, 2.45) is 17.2 Å². The molecule has 0 saturated carbocycles. The molecule has 0 heterocycles. The molecule has 0 aliphatic heterocycles. The van der Waals surface area contributed by atoms with E-state index in [-0.39, 0.29) is 16.6 Å². The smallest absolute Gasteiger partial charge is 0.0175 e. The van der Waals surface area contributed by atoms with Crippen LogP contribution in [-0.4, -0.2) is 41.2 Å². The molecule has 0 aliphatic rings. The number of nitrogens with zero attached hydrogens (tertiary/aromatic N) is 1. The van der Waals surface area contributed by atoms with E-state index in [0.29, 0.717) is 19.6 Å². The van der Waals surface area contributed by atoms with Gasteiger partial charge >= 0.3 is 0 Å². The van der Waals surface area contributed by atoms with E-state index in [1.54, 1.807) is 0 Å². The lowest BCUT2D eigenvalue weighted by Gasteiger charge is -2.57. The topological polar surface area (TPSA) is 81.3 Å². The number of hydrogen-bond donors (Lipinski definition) is 3. The third-order valence-electron chi connectivity index (χ3n) is 4.08. The Kier molecular flexibility index (Phi) is 6.96. The van der Waals surface area contributed by atoms with Gasteiger partial charge in [0.05, 0.1) is 0 Å². The largest absolute Gasteiger partial charge is 0.330 e. The number of nitrogens with two attached hydrogens (primary N) is 3. The molecule has 4 nitrogen and oxygen atoms in total. The molecule has 0 aliphatic carbocycles. The van der Waals surface area contributed by atoms with Crippen molar-refractivity contribution in [2.75, 3.05) is 19.6 Å². The molecule has 0 aromatic carbocycles. The van der Waals surface area contributed by atoms with Crippen molar-refractivity contribution in [3.05, 3.63) is 0 Å². The van der Waals surface area contributed by atoms with Crippen LogP contribution in [0.5, 0.6) is 0 Å². The van der Waals surface area contributed by atoms with E-state index in [1.165, 1.54) is 0 Å². The van der Waals surface area contributed by atoms with Crippen LogP contribution in [0.25, 0.3) is 0 Å². The second-order valence-electron chi connectivity index (χ2n) is 7.39. The van der Waals surface area contributed by atoms with Crippen LogP contribution in [0.4, 0.5) is 0 Å². The van der Waals surface area contributed by atoms with Gasteiger partial charge in [-0.15, -0.1) is 0 Å². The van der Waals surface area contributed by atoms with Crippen molar-refractivity contribution in [3.63, 3.8) is 0 Å². The number of hydrogen-bond acceptors (Lipinski definition) is 4. The monoisotopic (exact) mass is 272 g/mol. The molecule has 0 radical (unpaired) electrons. The Labute approximate surface area is 120 Å². The molecule has 0 unspecified atom stereocenters. The Morgan fingerprint density at radius 3 is 0.947 bits per heavy atom. The van der Waals surface area contributed by atoms with E-state index in [2.05, 4.69) is 46.4 Å². The summed E-state index contributed by atoms with van der Waals surface area (Å²) in [5.74, 6) is 0. The zero-order valence-electron chi connectivity index (χ0n) is 13.9. The Hall–Kier alpha value is -0.160. The first-order valence-corrected chi connectivity index (χ1v) is 7.46. The van der Waals surface area contributed by atoms with Crippen LogP contribution in [-0.2, 0) is 0 Å². The minimum atomic E-state index is 0.0338. The summed E-state index contributed by atoms with van der Waals surface area (Å²) in [7, 11) is 0. The first-order chi connectivity index (χ1) is 8.55. The highest BCUT2D eigenvalue weighted by Crippen LogP contribution is 2.38. The summed E-state index contributed by atoms with van der Waals surface area (Å²) in [6.07, 6.45) is 2.90. The number of rotatable bonds is 9. The fourth-order valence-electron chi connectivity index (χ4n) is 3.85. The normalized spacial score (nSPS) is 14.2. The predicted molar refractivity (Wildman–Crippen MR) is 85.1 cm³/mol. The molecule has 0 aromatic rings. The summed E-state index contributed by atoms with van der Waals surface area (Å²) in [6, 6.07) is 0. The molecule has 4 heteroatoms. The molecule has 0 spiro atoms. The van der Waals surface area contributed by atoms with Gasteiger partial charge in [0, 0.05) is 16.6 Å². The minimum Gasteiger partial charge on any atom is -0.330 e. The van der Waals surface area contributed by atoms with Crippen LogP contribution in [0.3, 0.4) is 0 Å². The molecule has 0 fully saturated rings. The van der Waals surface area contributed by atoms with E-state index in [0.717, 1.165) is 19.3 Å². The minimum absolute atomic E-state index is 0.0338. The highest BCUT2D eigenvalue weighted by molar-refractivity contribution is 5.01. The summed E-state index contributed by atoms with van der Waals surface area (Å²) >= 11 is 0. The average Bonchev–Trinajstić information content (AvgIpc) is 2.14. The van der Waals surface area contributed by atoms with E-state index >= 15 is 0 Å². The van der Waals surface area contributed by atoms with E-state index < -0.39 is 0 Å². The lowest BCUT2D eigenvalue weighted by molar-refractivity contribution is -0.0730. The van der Waals surface area contributed by atoms with E-state index in [9.17, 15) is 0 Å².